The molecule has 2 N–H and O–H groups in total. The van der Waals surface area contributed by atoms with Crippen LogP contribution in [0.15, 0.2) is 64.6 Å². The monoisotopic (exact) mass is 445 g/mol. The third-order valence-electron chi connectivity index (χ3n) is 6.46. The highest BCUT2D eigenvalue weighted by Crippen LogP contribution is 2.50. The van der Waals surface area contributed by atoms with Crippen LogP contribution in [0, 0.1) is 5.41 Å². The number of Topliss-reactive ketones (excluding diaryl/α,β-unsaturated/α-hetero) is 1. The van der Waals surface area contributed by atoms with Crippen molar-refractivity contribution in [3.8, 4) is 17.2 Å². The van der Waals surface area contributed by atoms with E-state index in [2.05, 4.69) is 24.3 Å². The predicted molar refractivity (Wildman–Crippen MR) is 126 cm³/mol. The number of benzene rings is 2. The largest absolute Gasteiger partial charge is 0.493 e. The molecule has 0 radical (unpaired) electrons. The quantitative estimate of drug-likeness (QED) is 0.622. The van der Waals surface area contributed by atoms with Gasteiger partial charge in [-0.1, -0.05) is 44.2 Å². The van der Waals surface area contributed by atoms with Gasteiger partial charge in [-0.25, -0.2) is 4.68 Å². The van der Waals surface area contributed by atoms with E-state index in [9.17, 15) is 9.59 Å². The van der Waals surface area contributed by atoms with Gasteiger partial charge in [0.15, 0.2) is 17.3 Å². The lowest BCUT2D eigenvalue weighted by atomic mass is 9.69. The van der Waals surface area contributed by atoms with Crippen LogP contribution in [-0.2, 0) is 4.79 Å². The summed E-state index contributed by atoms with van der Waals surface area (Å²) in [5, 5.41) is 6.63. The van der Waals surface area contributed by atoms with Crippen molar-refractivity contribution < 1.29 is 14.3 Å². The van der Waals surface area contributed by atoms with Crippen LogP contribution in [0.4, 0.5) is 5.82 Å². The van der Waals surface area contributed by atoms with E-state index in [4.69, 9.17) is 9.47 Å². The minimum absolute atomic E-state index is 0.0427. The fourth-order valence-electron chi connectivity index (χ4n) is 5.10. The van der Waals surface area contributed by atoms with Gasteiger partial charge < -0.3 is 14.8 Å². The molecule has 1 aliphatic heterocycles. The third kappa shape index (κ3) is 3.35. The summed E-state index contributed by atoms with van der Waals surface area (Å²) in [5.41, 5.74) is 3.05. The highest BCUT2D eigenvalue weighted by atomic mass is 16.5. The van der Waals surface area contributed by atoms with Crippen molar-refractivity contribution in [3.05, 3.63) is 81.3 Å². The van der Waals surface area contributed by atoms with E-state index in [1.54, 1.807) is 14.2 Å². The smallest absolute Gasteiger partial charge is 0.277 e. The first kappa shape index (κ1) is 21.1. The molecule has 3 aromatic rings. The molecule has 1 aliphatic carbocycles. The summed E-state index contributed by atoms with van der Waals surface area (Å²) >= 11 is 0. The zero-order valence-corrected chi connectivity index (χ0v) is 19.2. The average Bonchev–Trinajstić information content (AvgIpc) is 3.12. The lowest BCUT2D eigenvalue weighted by Crippen LogP contribution is -2.35. The van der Waals surface area contributed by atoms with E-state index in [1.165, 1.54) is 4.68 Å². The zero-order valence-electron chi connectivity index (χ0n) is 19.2. The van der Waals surface area contributed by atoms with Gasteiger partial charge in [0.25, 0.3) is 5.56 Å². The van der Waals surface area contributed by atoms with Gasteiger partial charge in [0.2, 0.25) is 0 Å². The average molecular weight is 446 g/mol. The third-order valence-corrected chi connectivity index (χ3v) is 6.46. The Bertz CT molecular complexity index is 1330. The number of allylic oxidation sites excluding steroid dienone is 2. The Morgan fingerprint density at radius 2 is 1.73 bits per heavy atom. The second-order valence-electron chi connectivity index (χ2n) is 9.35. The lowest BCUT2D eigenvalue weighted by molar-refractivity contribution is -0.118. The van der Waals surface area contributed by atoms with Crippen molar-refractivity contribution >= 4 is 11.6 Å². The summed E-state index contributed by atoms with van der Waals surface area (Å²) < 4.78 is 12.8. The Balaban J connectivity index is 1.80. The molecule has 0 fully saturated rings. The second-order valence-corrected chi connectivity index (χ2v) is 9.35. The molecule has 2 heterocycles. The number of para-hydroxylation sites is 2. The summed E-state index contributed by atoms with van der Waals surface area (Å²) in [4.78, 5) is 27.2. The number of aromatic nitrogens is 2. The standard InChI is InChI=1S/C26H27N3O4/c1-26(2)13-17-21(18(30)14-26)20(16-11-8-12-19(32-3)23(16)33-4)22-24(27-17)28-29(25(22)31)15-9-6-5-7-10-15/h5-12,20,27-28H,13-14H2,1-4H3/t20-/m0/s1. The van der Waals surface area contributed by atoms with Crippen LogP contribution >= 0.6 is 0 Å². The maximum absolute atomic E-state index is 13.7. The number of nitrogens with one attached hydrogen (secondary N) is 2. The van der Waals surface area contributed by atoms with Gasteiger partial charge in [0, 0.05) is 23.3 Å². The minimum atomic E-state index is -0.571. The van der Waals surface area contributed by atoms with Crippen LogP contribution in [0.2, 0.25) is 0 Å². The fourth-order valence-corrected chi connectivity index (χ4v) is 5.10. The Kier molecular flexibility index (Phi) is 4.92. The normalized spacial score (nSPS) is 18.9. The number of hydrogen-bond donors (Lipinski definition) is 2. The molecule has 1 aromatic heterocycles. The first-order valence-electron chi connectivity index (χ1n) is 11.0. The number of methoxy groups -OCH3 is 2. The molecule has 0 spiro atoms. The van der Waals surface area contributed by atoms with E-state index in [1.807, 2.05) is 48.5 Å². The molecule has 170 valence electrons. The summed E-state index contributed by atoms with van der Waals surface area (Å²) in [6.07, 6.45) is 1.12. The highest BCUT2D eigenvalue weighted by molar-refractivity contribution is 6.01. The van der Waals surface area contributed by atoms with E-state index in [-0.39, 0.29) is 16.8 Å². The summed E-state index contributed by atoms with van der Waals surface area (Å²) in [5.74, 6) is 1.15. The Hall–Kier alpha value is -3.74. The fraction of sp³-hybridized carbons (Fsp3) is 0.308. The molecule has 7 heteroatoms. The SMILES string of the molecule is COc1cccc([C@H]2C3=C(CC(C)(C)CC3=O)Nc3[nH]n(-c4ccccc4)c(=O)c32)c1OC. The van der Waals surface area contributed by atoms with Crippen molar-refractivity contribution in [2.75, 3.05) is 19.5 Å². The number of ketones is 1. The van der Waals surface area contributed by atoms with Crippen LogP contribution < -0.4 is 20.3 Å². The molecule has 33 heavy (non-hydrogen) atoms. The molecule has 0 amide bonds. The van der Waals surface area contributed by atoms with Crippen LogP contribution in [0.3, 0.4) is 0 Å². The molecule has 2 aliphatic rings. The zero-order chi connectivity index (χ0) is 23.3. The number of carbonyl (C=O) groups excluding carboxylic acids is 1. The Labute approximate surface area is 192 Å². The van der Waals surface area contributed by atoms with Crippen molar-refractivity contribution in [3.63, 3.8) is 0 Å². The topological polar surface area (TPSA) is 85.4 Å². The summed E-state index contributed by atoms with van der Waals surface area (Å²) in [6.45, 7) is 4.18. The number of carbonyl (C=O) groups is 1. The molecule has 1 atom stereocenters. The summed E-state index contributed by atoms with van der Waals surface area (Å²) in [7, 11) is 3.15. The maximum atomic E-state index is 13.7. The molecule has 0 unspecified atom stereocenters. The van der Waals surface area contributed by atoms with Crippen molar-refractivity contribution in [2.45, 2.75) is 32.6 Å². The summed E-state index contributed by atoms with van der Waals surface area (Å²) in [6, 6.07) is 15.0. The van der Waals surface area contributed by atoms with Gasteiger partial charge in [0.05, 0.1) is 31.4 Å². The molecular formula is C26H27N3O4. The van der Waals surface area contributed by atoms with Gasteiger partial charge in [-0.2, -0.15) is 0 Å². The molecule has 7 nitrogen and oxygen atoms in total. The van der Waals surface area contributed by atoms with Crippen LogP contribution in [0.5, 0.6) is 11.5 Å². The Morgan fingerprint density at radius 3 is 2.42 bits per heavy atom. The first-order valence-corrected chi connectivity index (χ1v) is 11.0. The number of anilines is 1. The number of fused-ring (bicyclic) bond motifs is 1. The van der Waals surface area contributed by atoms with Gasteiger partial charge in [-0.05, 0) is 30.0 Å². The van der Waals surface area contributed by atoms with Gasteiger partial charge in [0.1, 0.15) is 5.82 Å². The minimum Gasteiger partial charge on any atom is -0.493 e. The van der Waals surface area contributed by atoms with Gasteiger partial charge in [-0.3, -0.25) is 14.7 Å². The van der Waals surface area contributed by atoms with Crippen molar-refractivity contribution in [1.29, 1.82) is 0 Å². The van der Waals surface area contributed by atoms with Crippen LogP contribution in [0.25, 0.3) is 5.69 Å². The molecule has 5 rings (SSSR count). The van der Waals surface area contributed by atoms with Crippen molar-refractivity contribution in [1.82, 2.24) is 9.78 Å². The van der Waals surface area contributed by atoms with Crippen LogP contribution in [-0.4, -0.2) is 29.8 Å². The number of ether oxygens (including phenoxy) is 2. The molecule has 2 aromatic carbocycles. The predicted octanol–water partition coefficient (Wildman–Crippen LogP) is 4.38. The number of aromatic amines is 1. The molecule has 0 saturated carbocycles. The van der Waals surface area contributed by atoms with E-state index < -0.39 is 5.92 Å². The Morgan fingerprint density at radius 1 is 0.970 bits per heavy atom. The first-order chi connectivity index (χ1) is 15.8. The highest BCUT2D eigenvalue weighted by Gasteiger charge is 2.44. The number of hydrogen-bond acceptors (Lipinski definition) is 5. The van der Waals surface area contributed by atoms with E-state index in [0.29, 0.717) is 41.3 Å². The van der Waals surface area contributed by atoms with Crippen LogP contribution in [0.1, 0.15) is 43.7 Å². The van der Waals surface area contributed by atoms with E-state index >= 15 is 0 Å². The second kappa shape index (κ2) is 7.69. The molecular weight excluding hydrogens is 418 g/mol. The number of nitrogens with zero attached hydrogens (tertiary/aromatic N) is 1. The molecule has 0 bridgehead atoms. The number of H-pyrrole nitrogens is 1. The van der Waals surface area contributed by atoms with Gasteiger partial charge >= 0.3 is 0 Å². The maximum Gasteiger partial charge on any atom is 0.277 e. The number of rotatable bonds is 4. The lowest BCUT2D eigenvalue weighted by Gasteiger charge is -2.38. The van der Waals surface area contributed by atoms with Gasteiger partial charge in [-0.15, -0.1) is 0 Å². The van der Waals surface area contributed by atoms with Crippen molar-refractivity contribution in [2.24, 2.45) is 5.41 Å². The van der Waals surface area contributed by atoms with E-state index in [0.717, 1.165) is 16.9 Å². The molecule has 0 saturated heterocycles.